The van der Waals surface area contributed by atoms with E-state index >= 15 is 0 Å². The number of hydrogen-bond acceptors (Lipinski definition) is 2. The predicted molar refractivity (Wildman–Crippen MR) is 74.1 cm³/mol. The van der Waals surface area contributed by atoms with Crippen molar-refractivity contribution in [1.82, 2.24) is 10.2 Å². The molecule has 5 nitrogen and oxygen atoms in total. The first-order valence-electron chi connectivity index (χ1n) is 7.40. The van der Waals surface area contributed by atoms with E-state index in [9.17, 15) is 9.59 Å². The predicted octanol–water partition coefficient (Wildman–Crippen LogP) is 2.60. The standard InChI is InChI=1S/C14H26N2O3/c1-3-5-8-11(7-4-2)15-14(19)16-10-6-9-12(16)13(17)18/h11-12H,3-10H2,1-2H3,(H,15,19)(H,17,18)/t11?,12-/m1/s1. The van der Waals surface area contributed by atoms with Gasteiger partial charge in [-0.1, -0.05) is 33.1 Å². The number of carboxylic acid groups (broad SMARTS) is 1. The molecular weight excluding hydrogens is 244 g/mol. The van der Waals surface area contributed by atoms with E-state index in [1.54, 1.807) is 0 Å². The lowest BCUT2D eigenvalue weighted by Crippen LogP contribution is -2.49. The summed E-state index contributed by atoms with van der Waals surface area (Å²) in [6, 6.07) is -0.680. The minimum absolute atomic E-state index is 0.174. The summed E-state index contributed by atoms with van der Waals surface area (Å²) >= 11 is 0. The van der Waals surface area contributed by atoms with Crippen LogP contribution in [0.3, 0.4) is 0 Å². The fourth-order valence-corrected chi connectivity index (χ4v) is 2.61. The summed E-state index contributed by atoms with van der Waals surface area (Å²) in [7, 11) is 0. The van der Waals surface area contributed by atoms with Crippen LogP contribution in [-0.2, 0) is 4.79 Å². The SMILES string of the molecule is CCCCC(CCC)NC(=O)N1CCC[C@@H]1C(=O)O. The average molecular weight is 270 g/mol. The van der Waals surface area contributed by atoms with E-state index in [1.807, 2.05) is 0 Å². The zero-order chi connectivity index (χ0) is 14.3. The number of carbonyl (C=O) groups excluding carboxylic acids is 1. The lowest BCUT2D eigenvalue weighted by Gasteiger charge is -2.25. The number of carboxylic acids is 1. The van der Waals surface area contributed by atoms with Gasteiger partial charge in [0.2, 0.25) is 0 Å². The van der Waals surface area contributed by atoms with E-state index in [0.29, 0.717) is 13.0 Å². The van der Waals surface area contributed by atoms with E-state index < -0.39 is 12.0 Å². The van der Waals surface area contributed by atoms with Crippen molar-refractivity contribution in [3.05, 3.63) is 0 Å². The van der Waals surface area contributed by atoms with Gasteiger partial charge in [-0.25, -0.2) is 9.59 Å². The first-order chi connectivity index (χ1) is 9.10. The zero-order valence-corrected chi connectivity index (χ0v) is 12.0. The summed E-state index contributed by atoms with van der Waals surface area (Å²) in [5.74, 6) is -0.895. The summed E-state index contributed by atoms with van der Waals surface area (Å²) in [6.07, 6.45) is 6.49. The van der Waals surface area contributed by atoms with Crippen LogP contribution in [0.15, 0.2) is 0 Å². The second kappa shape index (κ2) is 8.02. The number of rotatable bonds is 7. The molecule has 5 heteroatoms. The summed E-state index contributed by atoms with van der Waals surface area (Å²) in [6.45, 7) is 4.78. The van der Waals surface area contributed by atoms with E-state index in [-0.39, 0.29) is 12.1 Å². The van der Waals surface area contributed by atoms with Gasteiger partial charge in [0, 0.05) is 12.6 Å². The van der Waals surface area contributed by atoms with E-state index in [4.69, 9.17) is 5.11 Å². The Balaban J connectivity index is 2.52. The molecule has 0 saturated carbocycles. The fraction of sp³-hybridized carbons (Fsp3) is 0.857. The summed E-state index contributed by atoms with van der Waals surface area (Å²) in [4.78, 5) is 24.7. The number of hydrogen-bond donors (Lipinski definition) is 2. The Morgan fingerprint density at radius 2 is 2.05 bits per heavy atom. The van der Waals surface area contributed by atoms with Crippen molar-refractivity contribution in [3.8, 4) is 0 Å². The molecule has 0 bridgehead atoms. The first-order valence-corrected chi connectivity index (χ1v) is 7.40. The van der Waals surface area contributed by atoms with Gasteiger partial charge in [-0.15, -0.1) is 0 Å². The molecule has 1 fully saturated rings. The molecule has 2 atom stereocenters. The highest BCUT2D eigenvalue weighted by molar-refractivity contribution is 5.83. The quantitative estimate of drug-likeness (QED) is 0.747. The van der Waals surface area contributed by atoms with Crippen molar-refractivity contribution in [2.75, 3.05) is 6.54 Å². The molecule has 1 aliphatic heterocycles. The Morgan fingerprint density at radius 3 is 2.63 bits per heavy atom. The Bertz CT molecular complexity index is 307. The Labute approximate surface area is 115 Å². The molecule has 0 aromatic carbocycles. The lowest BCUT2D eigenvalue weighted by atomic mass is 10.1. The number of aliphatic carboxylic acids is 1. The van der Waals surface area contributed by atoms with Gasteiger partial charge in [-0.3, -0.25) is 0 Å². The van der Waals surface area contributed by atoms with E-state index in [2.05, 4.69) is 19.2 Å². The Hall–Kier alpha value is -1.26. The van der Waals surface area contributed by atoms with Crippen molar-refractivity contribution in [2.45, 2.75) is 70.9 Å². The van der Waals surface area contributed by atoms with E-state index in [0.717, 1.165) is 38.5 Å². The minimum atomic E-state index is -0.895. The molecule has 0 aromatic heterocycles. The highest BCUT2D eigenvalue weighted by Gasteiger charge is 2.34. The largest absolute Gasteiger partial charge is 0.480 e. The van der Waals surface area contributed by atoms with Gasteiger partial charge in [-0.05, 0) is 25.7 Å². The molecule has 0 spiro atoms. The van der Waals surface area contributed by atoms with Crippen LogP contribution < -0.4 is 5.32 Å². The summed E-state index contributed by atoms with van der Waals surface area (Å²) in [5, 5.41) is 12.1. The third-order valence-electron chi connectivity index (χ3n) is 3.67. The summed E-state index contributed by atoms with van der Waals surface area (Å²) < 4.78 is 0. The normalized spacial score (nSPS) is 20.3. The van der Waals surface area contributed by atoms with Crippen LogP contribution in [0.2, 0.25) is 0 Å². The molecule has 1 rings (SSSR count). The van der Waals surface area contributed by atoms with Gasteiger partial charge >= 0.3 is 12.0 Å². The van der Waals surface area contributed by atoms with Gasteiger partial charge in [0.25, 0.3) is 0 Å². The minimum Gasteiger partial charge on any atom is -0.480 e. The van der Waals surface area contributed by atoms with Crippen molar-refractivity contribution in [2.24, 2.45) is 0 Å². The van der Waals surface area contributed by atoms with Crippen LogP contribution in [0.4, 0.5) is 4.79 Å². The Morgan fingerprint density at radius 1 is 1.32 bits per heavy atom. The zero-order valence-electron chi connectivity index (χ0n) is 12.0. The third kappa shape index (κ3) is 4.73. The van der Waals surface area contributed by atoms with Crippen molar-refractivity contribution in [1.29, 1.82) is 0 Å². The van der Waals surface area contributed by atoms with Crippen LogP contribution in [0.5, 0.6) is 0 Å². The van der Waals surface area contributed by atoms with Gasteiger partial charge in [-0.2, -0.15) is 0 Å². The van der Waals surface area contributed by atoms with Gasteiger partial charge < -0.3 is 15.3 Å². The number of carbonyl (C=O) groups is 2. The van der Waals surface area contributed by atoms with Gasteiger partial charge in [0.15, 0.2) is 0 Å². The molecule has 0 aliphatic carbocycles. The second-order valence-electron chi connectivity index (χ2n) is 5.27. The van der Waals surface area contributed by atoms with Crippen LogP contribution >= 0.6 is 0 Å². The van der Waals surface area contributed by atoms with Crippen LogP contribution in [0.25, 0.3) is 0 Å². The molecular formula is C14H26N2O3. The molecule has 1 aliphatic rings. The fourth-order valence-electron chi connectivity index (χ4n) is 2.61. The van der Waals surface area contributed by atoms with Crippen molar-refractivity contribution < 1.29 is 14.7 Å². The molecule has 1 heterocycles. The molecule has 2 amide bonds. The molecule has 0 radical (unpaired) electrons. The van der Waals surface area contributed by atoms with Crippen LogP contribution in [-0.4, -0.2) is 40.6 Å². The van der Waals surface area contributed by atoms with E-state index in [1.165, 1.54) is 4.90 Å². The highest BCUT2D eigenvalue weighted by atomic mass is 16.4. The van der Waals surface area contributed by atoms with Gasteiger partial charge in [0.05, 0.1) is 0 Å². The Kier molecular flexibility index (Phi) is 6.67. The highest BCUT2D eigenvalue weighted by Crippen LogP contribution is 2.18. The van der Waals surface area contributed by atoms with Crippen molar-refractivity contribution in [3.63, 3.8) is 0 Å². The number of nitrogens with zero attached hydrogens (tertiary/aromatic N) is 1. The monoisotopic (exact) mass is 270 g/mol. The molecule has 2 N–H and O–H groups in total. The number of likely N-dealkylation sites (tertiary alicyclic amines) is 1. The third-order valence-corrected chi connectivity index (χ3v) is 3.67. The topological polar surface area (TPSA) is 69.6 Å². The number of unbranched alkanes of at least 4 members (excludes halogenated alkanes) is 1. The smallest absolute Gasteiger partial charge is 0.326 e. The molecule has 110 valence electrons. The second-order valence-corrected chi connectivity index (χ2v) is 5.27. The molecule has 0 aromatic rings. The summed E-state index contributed by atoms with van der Waals surface area (Å²) in [5.41, 5.74) is 0. The van der Waals surface area contributed by atoms with Crippen molar-refractivity contribution >= 4 is 12.0 Å². The van der Waals surface area contributed by atoms with Crippen LogP contribution in [0.1, 0.15) is 58.8 Å². The van der Waals surface area contributed by atoms with Gasteiger partial charge in [0.1, 0.15) is 6.04 Å². The maximum atomic E-state index is 12.2. The average Bonchev–Trinajstić information content (AvgIpc) is 2.85. The molecule has 1 unspecified atom stereocenters. The maximum absolute atomic E-state index is 12.2. The number of nitrogens with one attached hydrogen (secondary N) is 1. The lowest BCUT2D eigenvalue weighted by molar-refractivity contribution is -0.141. The first kappa shape index (κ1) is 15.8. The number of urea groups is 1. The van der Waals surface area contributed by atoms with Crippen LogP contribution in [0, 0.1) is 0 Å². The molecule has 19 heavy (non-hydrogen) atoms. The number of amides is 2. The molecule has 1 saturated heterocycles. The maximum Gasteiger partial charge on any atom is 0.326 e.